The Labute approximate surface area is 91.5 Å². The van der Waals surface area contributed by atoms with Gasteiger partial charge in [0.05, 0.1) is 6.54 Å². The van der Waals surface area contributed by atoms with Crippen LogP contribution in [-0.4, -0.2) is 16.7 Å². The molecular weight excluding hydrogens is 190 g/mol. The highest BCUT2D eigenvalue weighted by atomic mass is 16.5. The Kier molecular flexibility index (Phi) is 3.85. The van der Waals surface area contributed by atoms with Crippen molar-refractivity contribution >= 4 is 0 Å². The van der Waals surface area contributed by atoms with E-state index in [4.69, 9.17) is 4.52 Å². The lowest BCUT2D eigenvalue weighted by Gasteiger charge is -2.27. The van der Waals surface area contributed by atoms with Crippen LogP contribution in [0.1, 0.15) is 39.4 Å². The average molecular weight is 211 g/mol. The summed E-state index contributed by atoms with van der Waals surface area (Å²) in [5, 5.41) is 7.16. The largest absolute Gasteiger partial charge is 0.340 e. The third-order valence-corrected chi connectivity index (χ3v) is 2.78. The Hall–Kier alpha value is -0.900. The Morgan fingerprint density at radius 2 is 2.07 bits per heavy atom. The molecule has 0 amide bonds. The van der Waals surface area contributed by atoms with Crippen LogP contribution in [-0.2, 0) is 6.54 Å². The molecule has 4 nitrogen and oxygen atoms in total. The van der Waals surface area contributed by atoms with Crippen LogP contribution in [0.3, 0.4) is 0 Å². The first-order valence-corrected chi connectivity index (χ1v) is 5.39. The lowest BCUT2D eigenvalue weighted by atomic mass is 9.82. The van der Waals surface area contributed by atoms with Gasteiger partial charge in [-0.05, 0) is 17.9 Å². The van der Waals surface area contributed by atoms with Crippen molar-refractivity contribution in [3.05, 3.63) is 11.7 Å². The Bertz CT molecular complexity index is 301. The summed E-state index contributed by atoms with van der Waals surface area (Å²) < 4.78 is 4.89. The molecule has 0 bridgehead atoms. The second-order valence-electron chi connectivity index (χ2n) is 5.13. The quantitative estimate of drug-likeness (QED) is 0.829. The van der Waals surface area contributed by atoms with Crippen molar-refractivity contribution in [2.24, 2.45) is 11.3 Å². The SMILES string of the molecule is Cc1nc(CNCC(C)C(C)(C)C)no1. The summed E-state index contributed by atoms with van der Waals surface area (Å²) in [7, 11) is 0. The number of aryl methyl sites for hydroxylation is 1. The Morgan fingerprint density at radius 3 is 2.53 bits per heavy atom. The highest BCUT2D eigenvalue weighted by molar-refractivity contribution is 4.83. The molecule has 86 valence electrons. The highest BCUT2D eigenvalue weighted by Crippen LogP contribution is 2.24. The average Bonchev–Trinajstić information content (AvgIpc) is 2.49. The van der Waals surface area contributed by atoms with Crippen LogP contribution in [0.2, 0.25) is 0 Å². The van der Waals surface area contributed by atoms with Gasteiger partial charge in [-0.3, -0.25) is 0 Å². The molecule has 0 aliphatic rings. The van der Waals surface area contributed by atoms with E-state index in [-0.39, 0.29) is 0 Å². The maximum atomic E-state index is 4.89. The van der Waals surface area contributed by atoms with E-state index in [1.807, 2.05) is 0 Å². The van der Waals surface area contributed by atoms with E-state index in [1.165, 1.54) is 0 Å². The van der Waals surface area contributed by atoms with Crippen molar-refractivity contribution in [1.82, 2.24) is 15.5 Å². The number of nitrogens with one attached hydrogen (secondary N) is 1. The molecule has 15 heavy (non-hydrogen) atoms. The van der Waals surface area contributed by atoms with Gasteiger partial charge in [-0.1, -0.05) is 32.9 Å². The van der Waals surface area contributed by atoms with Gasteiger partial charge in [-0.2, -0.15) is 4.98 Å². The van der Waals surface area contributed by atoms with Crippen LogP contribution in [0.25, 0.3) is 0 Å². The number of aromatic nitrogens is 2. The standard InChI is InChI=1S/C11H21N3O/c1-8(11(3,4)5)6-12-7-10-13-9(2)15-14-10/h8,12H,6-7H2,1-5H3. The van der Waals surface area contributed by atoms with Gasteiger partial charge in [0.15, 0.2) is 5.82 Å². The van der Waals surface area contributed by atoms with E-state index in [0.717, 1.165) is 12.4 Å². The summed E-state index contributed by atoms with van der Waals surface area (Å²) in [6.45, 7) is 12.4. The van der Waals surface area contributed by atoms with E-state index in [9.17, 15) is 0 Å². The van der Waals surface area contributed by atoms with Crippen LogP contribution in [0.15, 0.2) is 4.52 Å². The zero-order valence-electron chi connectivity index (χ0n) is 10.3. The lowest BCUT2D eigenvalue weighted by Crippen LogP contribution is -2.29. The third kappa shape index (κ3) is 4.00. The fourth-order valence-electron chi connectivity index (χ4n) is 1.12. The van der Waals surface area contributed by atoms with Gasteiger partial charge in [0.1, 0.15) is 0 Å². The van der Waals surface area contributed by atoms with Crippen LogP contribution in [0.4, 0.5) is 0 Å². The minimum absolute atomic E-state index is 0.334. The maximum Gasteiger partial charge on any atom is 0.223 e. The molecule has 4 heteroatoms. The number of nitrogens with zero attached hydrogens (tertiary/aromatic N) is 2. The van der Waals surface area contributed by atoms with Gasteiger partial charge >= 0.3 is 0 Å². The second kappa shape index (κ2) is 4.75. The number of rotatable bonds is 4. The second-order valence-corrected chi connectivity index (χ2v) is 5.13. The predicted molar refractivity (Wildman–Crippen MR) is 59.4 cm³/mol. The first kappa shape index (κ1) is 12.2. The van der Waals surface area contributed by atoms with Crippen molar-refractivity contribution in [2.45, 2.75) is 41.2 Å². The highest BCUT2D eigenvalue weighted by Gasteiger charge is 2.19. The van der Waals surface area contributed by atoms with Crippen molar-refractivity contribution in [2.75, 3.05) is 6.54 Å². The smallest absolute Gasteiger partial charge is 0.223 e. The molecule has 1 rings (SSSR count). The minimum atomic E-state index is 0.334. The minimum Gasteiger partial charge on any atom is -0.340 e. The molecule has 0 aliphatic heterocycles. The summed E-state index contributed by atoms with van der Waals surface area (Å²) >= 11 is 0. The molecule has 0 radical (unpaired) electrons. The molecule has 1 heterocycles. The topological polar surface area (TPSA) is 51.0 Å². The fourth-order valence-corrected chi connectivity index (χ4v) is 1.12. The third-order valence-electron chi connectivity index (χ3n) is 2.78. The van der Waals surface area contributed by atoms with Gasteiger partial charge in [0.2, 0.25) is 5.89 Å². The Balaban J connectivity index is 2.28. The lowest BCUT2D eigenvalue weighted by molar-refractivity contribution is 0.251. The molecule has 0 fully saturated rings. The van der Waals surface area contributed by atoms with Crippen molar-refractivity contribution in [3.8, 4) is 0 Å². The first-order valence-electron chi connectivity index (χ1n) is 5.39. The predicted octanol–water partition coefficient (Wildman–Crippen LogP) is 2.15. The van der Waals surface area contributed by atoms with E-state index in [2.05, 4.69) is 43.2 Å². The summed E-state index contributed by atoms with van der Waals surface area (Å²) in [6.07, 6.45) is 0. The van der Waals surface area contributed by atoms with Crippen LogP contribution in [0, 0.1) is 18.3 Å². The maximum absolute atomic E-state index is 4.89. The van der Waals surface area contributed by atoms with E-state index in [0.29, 0.717) is 23.8 Å². The summed E-state index contributed by atoms with van der Waals surface area (Å²) in [6, 6.07) is 0. The summed E-state index contributed by atoms with van der Waals surface area (Å²) in [5.41, 5.74) is 0.334. The fraction of sp³-hybridized carbons (Fsp3) is 0.818. The number of hydrogen-bond donors (Lipinski definition) is 1. The van der Waals surface area contributed by atoms with Crippen LogP contribution >= 0.6 is 0 Å². The molecule has 1 aromatic heterocycles. The van der Waals surface area contributed by atoms with Crippen molar-refractivity contribution in [3.63, 3.8) is 0 Å². The molecule has 1 N–H and O–H groups in total. The molecule has 0 saturated carbocycles. The monoisotopic (exact) mass is 211 g/mol. The van der Waals surface area contributed by atoms with Crippen molar-refractivity contribution < 1.29 is 4.52 Å². The first-order chi connectivity index (χ1) is 6.89. The van der Waals surface area contributed by atoms with E-state index < -0.39 is 0 Å². The molecule has 0 aliphatic carbocycles. The zero-order valence-corrected chi connectivity index (χ0v) is 10.3. The molecule has 1 atom stereocenters. The van der Waals surface area contributed by atoms with Crippen LogP contribution < -0.4 is 5.32 Å². The molecule has 1 unspecified atom stereocenters. The zero-order chi connectivity index (χ0) is 11.5. The number of hydrogen-bond acceptors (Lipinski definition) is 4. The van der Waals surface area contributed by atoms with E-state index in [1.54, 1.807) is 6.92 Å². The Morgan fingerprint density at radius 1 is 1.40 bits per heavy atom. The summed E-state index contributed by atoms with van der Waals surface area (Å²) in [4.78, 5) is 4.13. The molecule has 0 aromatic carbocycles. The van der Waals surface area contributed by atoms with Crippen molar-refractivity contribution in [1.29, 1.82) is 0 Å². The van der Waals surface area contributed by atoms with Gasteiger partial charge in [-0.25, -0.2) is 0 Å². The van der Waals surface area contributed by atoms with Gasteiger partial charge in [-0.15, -0.1) is 0 Å². The van der Waals surface area contributed by atoms with E-state index >= 15 is 0 Å². The molecule has 0 saturated heterocycles. The van der Waals surface area contributed by atoms with Gasteiger partial charge < -0.3 is 9.84 Å². The van der Waals surface area contributed by atoms with Crippen LogP contribution in [0.5, 0.6) is 0 Å². The summed E-state index contributed by atoms with van der Waals surface area (Å²) in [5.74, 6) is 1.97. The van der Waals surface area contributed by atoms with Gasteiger partial charge in [0.25, 0.3) is 0 Å². The molecule has 0 spiro atoms. The molecule has 1 aromatic rings. The normalized spacial score (nSPS) is 14.2. The molecular formula is C11H21N3O. The van der Waals surface area contributed by atoms with Gasteiger partial charge in [0, 0.05) is 6.92 Å².